The van der Waals surface area contributed by atoms with Gasteiger partial charge in [0.2, 0.25) is 0 Å². The molecule has 1 aromatic rings. The first-order valence-electron chi connectivity index (χ1n) is 4.88. The molecule has 0 aromatic heterocycles. The summed E-state index contributed by atoms with van der Waals surface area (Å²) in [5.74, 6) is -0.866. The zero-order valence-corrected chi connectivity index (χ0v) is 9.53. The van der Waals surface area contributed by atoms with E-state index in [1.54, 1.807) is 12.1 Å². The highest BCUT2D eigenvalue weighted by Gasteiger charge is 2.11. The molecule has 0 unspecified atom stereocenters. The van der Waals surface area contributed by atoms with Gasteiger partial charge in [0.15, 0.2) is 12.4 Å². The van der Waals surface area contributed by atoms with Crippen molar-refractivity contribution < 1.29 is 19.4 Å². The van der Waals surface area contributed by atoms with Gasteiger partial charge in [0.25, 0.3) is 0 Å². The molecule has 1 N–H and O–H groups in total. The van der Waals surface area contributed by atoms with Crippen LogP contribution in [0, 0.1) is 13.8 Å². The SMILES string of the molecule is CC(=O)c1cc(C)c(C)cc1OCC(=O)O. The second kappa shape index (κ2) is 4.79. The zero-order valence-electron chi connectivity index (χ0n) is 9.53. The van der Waals surface area contributed by atoms with Crippen LogP contribution in [0.25, 0.3) is 0 Å². The van der Waals surface area contributed by atoms with Crippen molar-refractivity contribution in [1.29, 1.82) is 0 Å². The Morgan fingerprint density at radius 2 is 1.81 bits per heavy atom. The number of carbonyl (C=O) groups is 2. The third kappa shape index (κ3) is 2.82. The summed E-state index contributed by atoms with van der Waals surface area (Å²) in [4.78, 5) is 21.7. The Hall–Kier alpha value is -1.84. The van der Waals surface area contributed by atoms with Crippen molar-refractivity contribution >= 4 is 11.8 Å². The van der Waals surface area contributed by atoms with Gasteiger partial charge in [-0.2, -0.15) is 0 Å². The smallest absolute Gasteiger partial charge is 0.341 e. The average Bonchev–Trinajstić information content (AvgIpc) is 2.18. The number of carboxylic acid groups (broad SMARTS) is 1. The van der Waals surface area contributed by atoms with E-state index in [9.17, 15) is 9.59 Å². The highest BCUT2D eigenvalue weighted by atomic mass is 16.5. The maximum absolute atomic E-state index is 11.3. The Kier molecular flexibility index (Phi) is 3.66. The highest BCUT2D eigenvalue weighted by molar-refractivity contribution is 5.97. The van der Waals surface area contributed by atoms with Crippen molar-refractivity contribution in [2.75, 3.05) is 6.61 Å². The molecule has 0 bridgehead atoms. The van der Waals surface area contributed by atoms with Crippen LogP contribution in [0.3, 0.4) is 0 Å². The van der Waals surface area contributed by atoms with Crippen molar-refractivity contribution in [1.82, 2.24) is 0 Å². The largest absolute Gasteiger partial charge is 0.481 e. The maximum Gasteiger partial charge on any atom is 0.341 e. The van der Waals surface area contributed by atoms with E-state index >= 15 is 0 Å². The number of aryl methyl sites for hydroxylation is 2. The first kappa shape index (κ1) is 12.2. The third-order valence-electron chi connectivity index (χ3n) is 2.33. The van der Waals surface area contributed by atoms with Gasteiger partial charge in [-0.15, -0.1) is 0 Å². The molecule has 0 aliphatic carbocycles. The van der Waals surface area contributed by atoms with E-state index in [1.165, 1.54) is 6.92 Å². The molecule has 0 saturated carbocycles. The molecule has 0 saturated heterocycles. The minimum absolute atomic E-state index is 0.136. The minimum Gasteiger partial charge on any atom is -0.481 e. The van der Waals surface area contributed by atoms with Crippen molar-refractivity contribution in [2.24, 2.45) is 0 Å². The van der Waals surface area contributed by atoms with E-state index in [0.29, 0.717) is 11.3 Å². The molecule has 0 fully saturated rings. The molecule has 0 amide bonds. The van der Waals surface area contributed by atoms with Crippen molar-refractivity contribution in [3.8, 4) is 5.75 Å². The molecule has 86 valence electrons. The molecule has 0 heterocycles. The van der Waals surface area contributed by atoms with Crippen LogP contribution in [0.15, 0.2) is 12.1 Å². The van der Waals surface area contributed by atoms with Crippen LogP contribution in [-0.4, -0.2) is 23.5 Å². The van der Waals surface area contributed by atoms with Crippen LogP contribution in [0.4, 0.5) is 0 Å². The summed E-state index contributed by atoms with van der Waals surface area (Å²) in [6.45, 7) is 4.76. The number of Topliss-reactive ketones (excluding diaryl/α,β-unsaturated/α-hetero) is 1. The number of rotatable bonds is 4. The lowest BCUT2D eigenvalue weighted by atomic mass is 10.0. The van der Waals surface area contributed by atoms with Gasteiger partial charge in [-0.3, -0.25) is 4.79 Å². The van der Waals surface area contributed by atoms with Crippen molar-refractivity contribution in [3.63, 3.8) is 0 Å². The number of ether oxygens (including phenoxy) is 1. The second-order valence-corrected chi connectivity index (χ2v) is 3.67. The Morgan fingerprint density at radius 1 is 1.25 bits per heavy atom. The standard InChI is InChI=1S/C12H14O4/c1-7-4-10(9(3)13)11(5-8(7)2)16-6-12(14)15/h4-5H,6H2,1-3H3,(H,14,15). The third-order valence-corrected chi connectivity index (χ3v) is 2.33. The van der Waals surface area contributed by atoms with Gasteiger partial charge in [-0.25, -0.2) is 4.79 Å². The topological polar surface area (TPSA) is 63.6 Å². The van der Waals surface area contributed by atoms with Gasteiger partial charge < -0.3 is 9.84 Å². The van der Waals surface area contributed by atoms with E-state index in [0.717, 1.165) is 11.1 Å². The monoisotopic (exact) mass is 222 g/mol. The predicted molar refractivity (Wildman–Crippen MR) is 59.1 cm³/mol. The molecule has 1 aromatic carbocycles. The second-order valence-electron chi connectivity index (χ2n) is 3.67. The van der Waals surface area contributed by atoms with E-state index in [2.05, 4.69) is 0 Å². The van der Waals surface area contributed by atoms with Gasteiger partial charge in [0.1, 0.15) is 5.75 Å². The van der Waals surface area contributed by atoms with Gasteiger partial charge in [0, 0.05) is 0 Å². The van der Waals surface area contributed by atoms with Crippen LogP contribution in [0.5, 0.6) is 5.75 Å². The van der Waals surface area contributed by atoms with Crippen LogP contribution in [0.2, 0.25) is 0 Å². The maximum atomic E-state index is 11.3. The molecule has 0 atom stereocenters. The predicted octanol–water partition coefficient (Wildman–Crippen LogP) is 1.97. The first-order valence-corrected chi connectivity index (χ1v) is 4.88. The van der Waals surface area contributed by atoms with E-state index in [-0.39, 0.29) is 5.78 Å². The molecule has 0 aliphatic heterocycles. The first-order chi connectivity index (χ1) is 7.41. The molecular weight excluding hydrogens is 208 g/mol. The van der Waals surface area contributed by atoms with Crippen molar-refractivity contribution in [3.05, 3.63) is 28.8 Å². The molecule has 0 radical (unpaired) electrons. The van der Waals surface area contributed by atoms with Crippen LogP contribution in [0.1, 0.15) is 28.4 Å². The summed E-state index contributed by atoms with van der Waals surface area (Å²) >= 11 is 0. The van der Waals surface area contributed by atoms with Gasteiger partial charge in [0.05, 0.1) is 5.56 Å². The normalized spacial score (nSPS) is 9.94. The molecule has 4 nitrogen and oxygen atoms in total. The average molecular weight is 222 g/mol. The summed E-state index contributed by atoms with van der Waals surface area (Å²) < 4.78 is 5.08. The Bertz CT molecular complexity index is 435. The number of ketones is 1. The van der Waals surface area contributed by atoms with Crippen LogP contribution in [-0.2, 0) is 4.79 Å². The highest BCUT2D eigenvalue weighted by Crippen LogP contribution is 2.23. The van der Waals surface area contributed by atoms with Gasteiger partial charge >= 0.3 is 5.97 Å². The zero-order chi connectivity index (χ0) is 12.3. The quantitative estimate of drug-likeness (QED) is 0.791. The summed E-state index contributed by atoms with van der Waals surface area (Å²) in [7, 11) is 0. The molecule has 0 spiro atoms. The number of hydrogen-bond acceptors (Lipinski definition) is 3. The number of carboxylic acids is 1. The number of benzene rings is 1. The summed E-state index contributed by atoms with van der Waals surface area (Å²) in [6, 6.07) is 3.41. The Labute approximate surface area is 93.9 Å². The van der Waals surface area contributed by atoms with E-state index < -0.39 is 12.6 Å². The number of carbonyl (C=O) groups excluding carboxylic acids is 1. The van der Waals surface area contributed by atoms with E-state index in [1.807, 2.05) is 13.8 Å². The lowest BCUT2D eigenvalue weighted by Crippen LogP contribution is -2.11. The minimum atomic E-state index is -1.06. The Morgan fingerprint density at radius 3 is 2.31 bits per heavy atom. The summed E-state index contributed by atoms with van der Waals surface area (Å²) in [5.41, 5.74) is 2.36. The number of aliphatic carboxylic acids is 1. The number of hydrogen-bond donors (Lipinski definition) is 1. The lowest BCUT2D eigenvalue weighted by molar-refractivity contribution is -0.139. The molecule has 1 rings (SSSR count). The van der Waals surface area contributed by atoms with Crippen molar-refractivity contribution in [2.45, 2.75) is 20.8 Å². The summed E-state index contributed by atoms with van der Waals surface area (Å²) in [5, 5.41) is 8.52. The van der Waals surface area contributed by atoms with Crippen LogP contribution >= 0.6 is 0 Å². The fraction of sp³-hybridized carbons (Fsp3) is 0.333. The van der Waals surface area contributed by atoms with Gasteiger partial charge in [-0.05, 0) is 44.0 Å². The molecule has 16 heavy (non-hydrogen) atoms. The fourth-order valence-electron chi connectivity index (χ4n) is 1.32. The molecule has 0 aliphatic rings. The lowest BCUT2D eigenvalue weighted by Gasteiger charge is -2.10. The summed E-state index contributed by atoms with van der Waals surface area (Å²) in [6.07, 6.45) is 0. The molecular formula is C12H14O4. The molecule has 4 heteroatoms. The van der Waals surface area contributed by atoms with E-state index in [4.69, 9.17) is 9.84 Å². The van der Waals surface area contributed by atoms with Gasteiger partial charge in [-0.1, -0.05) is 0 Å². The van der Waals surface area contributed by atoms with Crippen LogP contribution < -0.4 is 4.74 Å². The Balaban J connectivity index is 3.09. The fourth-order valence-corrected chi connectivity index (χ4v) is 1.32.